The van der Waals surface area contributed by atoms with Crippen molar-refractivity contribution in [3.63, 3.8) is 0 Å². The maximum atomic E-state index is 11.9. The highest BCUT2D eigenvalue weighted by Gasteiger charge is 2.25. The molecule has 2 aromatic rings. The van der Waals surface area contributed by atoms with Crippen molar-refractivity contribution in [2.24, 2.45) is 0 Å². The number of hydrogen-bond donors (Lipinski definition) is 2. The quantitative estimate of drug-likeness (QED) is 0.816. The summed E-state index contributed by atoms with van der Waals surface area (Å²) < 4.78 is 5.26. The van der Waals surface area contributed by atoms with Crippen LogP contribution in [0.4, 0.5) is 5.69 Å². The Labute approximate surface area is 103 Å². The van der Waals surface area contributed by atoms with Gasteiger partial charge in [0.1, 0.15) is 5.76 Å². The van der Waals surface area contributed by atoms with E-state index in [-0.39, 0.29) is 12.1 Å². The van der Waals surface area contributed by atoms with Crippen molar-refractivity contribution in [3.05, 3.63) is 52.9 Å². The van der Waals surface area contributed by atoms with E-state index in [1.807, 2.05) is 0 Å². The molecule has 0 unspecified atom stereocenters. The van der Waals surface area contributed by atoms with Crippen LogP contribution in [0.15, 0.2) is 41.0 Å². The van der Waals surface area contributed by atoms with Gasteiger partial charge in [0.25, 0.3) is 5.91 Å². The van der Waals surface area contributed by atoms with Crippen molar-refractivity contribution < 1.29 is 9.21 Å². The van der Waals surface area contributed by atoms with E-state index in [0.717, 1.165) is 0 Å². The average molecular weight is 249 g/mol. The molecule has 0 aliphatic carbocycles. The number of nitrogens with one attached hydrogen (secondary N) is 2. The first-order chi connectivity index (χ1) is 8.24. The van der Waals surface area contributed by atoms with Crippen molar-refractivity contribution in [1.82, 2.24) is 5.32 Å². The molecule has 1 atom stereocenters. The number of halogens is 1. The van der Waals surface area contributed by atoms with Gasteiger partial charge in [-0.2, -0.15) is 0 Å². The van der Waals surface area contributed by atoms with Gasteiger partial charge in [-0.1, -0.05) is 11.6 Å². The fourth-order valence-electron chi connectivity index (χ4n) is 1.83. The number of anilines is 1. The molecular formula is C12H9ClN2O2. The van der Waals surface area contributed by atoms with Crippen LogP contribution in [-0.2, 0) is 0 Å². The second-order valence-electron chi connectivity index (χ2n) is 3.76. The lowest BCUT2D eigenvalue weighted by Crippen LogP contribution is -2.38. The third-order valence-electron chi connectivity index (χ3n) is 2.63. The molecule has 0 radical (unpaired) electrons. The van der Waals surface area contributed by atoms with E-state index in [1.165, 1.54) is 0 Å². The molecule has 1 aliphatic heterocycles. The Kier molecular flexibility index (Phi) is 2.30. The molecule has 86 valence electrons. The molecule has 0 saturated heterocycles. The van der Waals surface area contributed by atoms with Gasteiger partial charge < -0.3 is 15.1 Å². The first-order valence-corrected chi connectivity index (χ1v) is 5.52. The first-order valence-electron chi connectivity index (χ1n) is 5.14. The van der Waals surface area contributed by atoms with Crippen molar-refractivity contribution in [1.29, 1.82) is 0 Å². The molecule has 4 nitrogen and oxygen atoms in total. The van der Waals surface area contributed by atoms with E-state index in [0.29, 0.717) is 22.0 Å². The maximum Gasteiger partial charge on any atom is 0.255 e. The Bertz CT molecular complexity index is 566. The molecule has 0 spiro atoms. The van der Waals surface area contributed by atoms with E-state index in [1.54, 1.807) is 36.6 Å². The summed E-state index contributed by atoms with van der Waals surface area (Å²) in [6.07, 6.45) is 1.21. The molecule has 1 aromatic carbocycles. The van der Waals surface area contributed by atoms with E-state index >= 15 is 0 Å². The number of carbonyl (C=O) groups is 1. The van der Waals surface area contributed by atoms with Crippen LogP contribution in [0.3, 0.4) is 0 Å². The van der Waals surface area contributed by atoms with Crippen LogP contribution in [0, 0.1) is 0 Å². The molecule has 3 rings (SSSR count). The van der Waals surface area contributed by atoms with Crippen LogP contribution in [0.1, 0.15) is 22.3 Å². The van der Waals surface area contributed by atoms with Gasteiger partial charge in [0.15, 0.2) is 6.17 Å². The van der Waals surface area contributed by atoms with E-state index in [2.05, 4.69) is 10.6 Å². The fraction of sp³-hybridized carbons (Fsp3) is 0.0833. The first kappa shape index (κ1) is 10.2. The molecule has 0 fully saturated rings. The molecule has 17 heavy (non-hydrogen) atoms. The zero-order chi connectivity index (χ0) is 11.8. The average Bonchev–Trinajstić information content (AvgIpc) is 2.81. The zero-order valence-corrected chi connectivity index (χ0v) is 9.49. The Morgan fingerprint density at radius 1 is 1.24 bits per heavy atom. The summed E-state index contributed by atoms with van der Waals surface area (Å²) >= 11 is 5.90. The fourth-order valence-corrected chi connectivity index (χ4v) is 2.00. The van der Waals surface area contributed by atoms with Gasteiger partial charge >= 0.3 is 0 Å². The monoisotopic (exact) mass is 248 g/mol. The Balaban J connectivity index is 2.00. The second kappa shape index (κ2) is 3.82. The SMILES string of the molecule is O=C1N[C@H](c2ccco2)Nc2cc(Cl)ccc21. The second-order valence-corrected chi connectivity index (χ2v) is 4.19. The Morgan fingerprint density at radius 3 is 2.88 bits per heavy atom. The molecule has 1 amide bonds. The highest BCUT2D eigenvalue weighted by molar-refractivity contribution is 6.31. The van der Waals surface area contributed by atoms with Gasteiger partial charge in [0.05, 0.1) is 17.5 Å². The van der Waals surface area contributed by atoms with E-state index < -0.39 is 0 Å². The van der Waals surface area contributed by atoms with Gasteiger partial charge in [-0.25, -0.2) is 0 Å². The number of furan rings is 1. The molecule has 2 N–H and O–H groups in total. The third kappa shape index (κ3) is 1.76. The number of fused-ring (bicyclic) bond motifs is 1. The van der Waals surface area contributed by atoms with Crippen molar-refractivity contribution in [2.75, 3.05) is 5.32 Å². The molecule has 0 saturated carbocycles. The van der Waals surface area contributed by atoms with Gasteiger partial charge in [-0.15, -0.1) is 0 Å². The summed E-state index contributed by atoms with van der Waals surface area (Å²) in [4.78, 5) is 11.9. The molecule has 2 heterocycles. The molecule has 0 bridgehead atoms. The highest BCUT2D eigenvalue weighted by atomic mass is 35.5. The van der Waals surface area contributed by atoms with Crippen molar-refractivity contribution in [3.8, 4) is 0 Å². The van der Waals surface area contributed by atoms with Gasteiger partial charge in [0, 0.05) is 5.02 Å². The maximum absolute atomic E-state index is 11.9. The van der Waals surface area contributed by atoms with Crippen LogP contribution in [0.2, 0.25) is 5.02 Å². The van der Waals surface area contributed by atoms with Gasteiger partial charge in [0.2, 0.25) is 0 Å². The number of hydrogen-bond acceptors (Lipinski definition) is 3. The number of rotatable bonds is 1. The number of amides is 1. The number of benzene rings is 1. The van der Waals surface area contributed by atoms with E-state index in [9.17, 15) is 4.79 Å². The summed E-state index contributed by atoms with van der Waals surface area (Å²) in [7, 11) is 0. The lowest BCUT2D eigenvalue weighted by molar-refractivity contribution is 0.0931. The zero-order valence-electron chi connectivity index (χ0n) is 8.74. The highest BCUT2D eigenvalue weighted by Crippen LogP contribution is 2.28. The van der Waals surface area contributed by atoms with Crippen LogP contribution < -0.4 is 10.6 Å². The van der Waals surface area contributed by atoms with E-state index in [4.69, 9.17) is 16.0 Å². The van der Waals surface area contributed by atoms with Crippen LogP contribution in [0.25, 0.3) is 0 Å². The standard InChI is InChI=1S/C12H9ClN2O2/c13-7-3-4-8-9(6-7)14-11(15-12(8)16)10-2-1-5-17-10/h1-6,11,14H,(H,15,16)/t11-/m1/s1. The third-order valence-corrected chi connectivity index (χ3v) is 2.86. The topological polar surface area (TPSA) is 54.3 Å². The van der Waals surface area contributed by atoms with Gasteiger partial charge in [-0.05, 0) is 30.3 Å². The lowest BCUT2D eigenvalue weighted by atomic mass is 10.1. The molecule has 1 aliphatic rings. The summed E-state index contributed by atoms with van der Waals surface area (Å²) in [6, 6.07) is 8.68. The van der Waals surface area contributed by atoms with Crippen molar-refractivity contribution in [2.45, 2.75) is 6.17 Å². The Morgan fingerprint density at radius 2 is 2.12 bits per heavy atom. The smallest absolute Gasteiger partial charge is 0.255 e. The largest absolute Gasteiger partial charge is 0.465 e. The predicted octanol–water partition coefficient (Wildman–Crippen LogP) is 2.79. The van der Waals surface area contributed by atoms with Crippen molar-refractivity contribution >= 4 is 23.2 Å². The van der Waals surface area contributed by atoms with Gasteiger partial charge in [-0.3, -0.25) is 4.79 Å². The minimum atomic E-state index is -0.358. The minimum absolute atomic E-state index is 0.142. The van der Waals surface area contributed by atoms with Crippen LogP contribution >= 0.6 is 11.6 Å². The summed E-state index contributed by atoms with van der Waals surface area (Å²) in [5, 5.41) is 6.56. The molecular weight excluding hydrogens is 240 g/mol. The summed E-state index contributed by atoms with van der Waals surface area (Å²) in [6.45, 7) is 0. The van der Waals surface area contributed by atoms with Crippen LogP contribution in [0.5, 0.6) is 0 Å². The normalized spacial score (nSPS) is 18.2. The Hall–Kier alpha value is -1.94. The summed E-state index contributed by atoms with van der Waals surface area (Å²) in [5.41, 5.74) is 1.29. The van der Waals surface area contributed by atoms with Crippen LogP contribution in [-0.4, -0.2) is 5.91 Å². The molecule has 5 heteroatoms. The minimum Gasteiger partial charge on any atom is -0.465 e. The predicted molar refractivity (Wildman–Crippen MR) is 64.0 cm³/mol. The summed E-state index contributed by atoms with van der Waals surface area (Å²) in [5.74, 6) is 0.515. The molecule has 1 aromatic heterocycles. The lowest BCUT2D eigenvalue weighted by Gasteiger charge is -2.26. The number of carbonyl (C=O) groups excluding carboxylic acids is 1.